The first kappa shape index (κ1) is 20.2. The average molecular weight is 423 g/mol. The highest BCUT2D eigenvalue weighted by Crippen LogP contribution is 2.30. The fraction of sp³-hybridized carbons (Fsp3) is 0.273. The van der Waals surface area contributed by atoms with Crippen molar-refractivity contribution in [1.29, 1.82) is 0 Å². The molecule has 154 valence electrons. The molecule has 1 atom stereocenters. The van der Waals surface area contributed by atoms with E-state index in [0.717, 1.165) is 6.42 Å². The molecule has 2 aromatic carbocycles. The summed E-state index contributed by atoms with van der Waals surface area (Å²) in [6, 6.07) is 14.4. The second kappa shape index (κ2) is 8.31. The van der Waals surface area contributed by atoms with Crippen molar-refractivity contribution < 1.29 is 9.59 Å². The first-order valence-corrected chi connectivity index (χ1v) is 10.8. The fourth-order valence-corrected chi connectivity index (χ4v) is 4.43. The van der Waals surface area contributed by atoms with Crippen LogP contribution in [0.15, 0.2) is 58.5 Å². The maximum absolute atomic E-state index is 13.1. The first-order valence-electron chi connectivity index (χ1n) is 9.83. The Balaban J connectivity index is 1.65. The molecule has 1 aliphatic heterocycles. The molecule has 1 aliphatic rings. The molecule has 3 aromatic rings. The Morgan fingerprint density at radius 3 is 2.70 bits per heavy atom. The van der Waals surface area contributed by atoms with Crippen molar-refractivity contribution >= 4 is 45.9 Å². The predicted octanol–water partition coefficient (Wildman–Crippen LogP) is 3.44. The lowest BCUT2D eigenvalue weighted by Crippen LogP contribution is -2.43. The molecule has 2 heterocycles. The van der Waals surface area contributed by atoms with Crippen molar-refractivity contribution in [1.82, 2.24) is 9.55 Å². The molecule has 0 spiro atoms. The largest absolute Gasteiger partial charge is 0.323 e. The number of fused-ring (bicyclic) bond motifs is 2. The highest BCUT2D eigenvalue weighted by molar-refractivity contribution is 7.99. The summed E-state index contributed by atoms with van der Waals surface area (Å²) in [5.41, 5.74) is 1.80. The molecule has 7 nitrogen and oxygen atoms in total. The molecule has 0 radical (unpaired) electrons. The summed E-state index contributed by atoms with van der Waals surface area (Å²) in [6.07, 6.45) is 0.765. The number of hydrogen-bond acceptors (Lipinski definition) is 5. The summed E-state index contributed by atoms with van der Waals surface area (Å²) in [7, 11) is 0. The number of thioether (sulfide) groups is 1. The number of para-hydroxylation sites is 3. The van der Waals surface area contributed by atoms with Crippen molar-refractivity contribution in [2.75, 3.05) is 22.5 Å². The molecular weight excluding hydrogens is 400 g/mol. The molecule has 4 rings (SSSR count). The lowest BCUT2D eigenvalue weighted by molar-refractivity contribution is -0.120. The summed E-state index contributed by atoms with van der Waals surface area (Å²) >= 11 is 1.23. The van der Waals surface area contributed by atoms with Crippen LogP contribution >= 0.6 is 11.8 Å². The van der Waals surface area contributed by atoms with Crippen LogP contribution < -0.4 is 15.8 Å². The van der Waals surface area contributed by atoms with E-state index in [4.69, 9.17) is 0 Å². The minimum absolute atomic E-state index is 0.0281. The van der Waals surface area contributed by atoms with Crippen LogP contribution in [0.4, 0.5) is 11.4 Å². The van der Waals surface area contributed by atoms with Crippen LogP contribution in [0.3, 0.4) is 0 Å². The Kier molecular flexibility index (Phi) is 5.59. The zero-order valence-electron chi connectivity index (χ0n) is 16.8. The van der Waals surface area contributed by atoms with Gasteiger partial charge in [0.1, 0.15) is 6.54 Å². The zero-order valence-corrected chi connectivity index (χ0v) is 17.6. The van der Waals surface area contributed by atoms with E-state index in [2.05, 4.69) is 10.3 Å². The van der Waals surface area contributed by atoms with Crippen LogP contribution in [-0.4, -0.2) is 33.7 Å². The molecular formula is C22H22N4O3S. The molecule has 0 saturated carbocycles. The van der Waals surface area contributed by atoms with Gasteiger partial charge in [0.2, 0.25) is 11.8 Å². The number of nitrogens with zero attached hydrogens (tertiary/aromatic N) is 3. The van der Waals surface area contributed by atoms with Crippen LogP contribution in [0.5, 0.6) is 0 Å². The Bertz CT molecular complexity index is 1190. The summed E-state index contributed by atoms with van der Waals surface area (Å²) in [4.78, 5) is 44.2. The van der Waals surface area contributed by atoms with Gasteiger partial charge in [-0.15, -0.1) is 0 Å². The van der Waals surface area contributed by atoms with Crippen molar-refractivity contribution in [3.63, 3.8) is 0 Å². The number of amides is 2. The number of hydrogen-bond donors (Lipinski definition) is 1. The zero-order chi connectivity index (χ0) is 21.3. The Morgan fingerprint density at radius 1 is 1.17 bits per heavy atom. The van der Waals surface area contributed by atoms with E-state index in [-0.39, 0.29) is 35.7 Å². The second-order valence-electron chi connectivity index (χ2n) is 7.18. The smallest absolute Gasteiger partial charge is 0.262 e. The fourth-order valence-electron chi connectivity index (χ4n) is 3.46. The van der Waals surface area contributed by atoms with Gasteiger partial charge in [0.25, 0.3) is 5.56 Å². The SMILES string of the molecule is CCC(C)n1c(SCC(=O)N2CC(=O)Nc3ccccc32)nc2ccccc2c1=O. The number of rotatable bonds is 5. The van der Waals surface area contributed by atoms with E-state index < -0.39 is 0 Å². The lowest BCUT2D eigenvalue weighted by atomic mass is 10.2. The number of nitrogens with one attached hydrogen (secondary N) is 1. The van der Waals surface area contributed by atoms with Crippen LogP contribution in [0.2, 0.25) is 0 Å². The van der Waals surface area contributed by atoms with Crippen molar-refractivity contribution in [3.05, 3.63) is 58.9 Å². The van der Waals surface area contributed by atoms with Gasteiger partial charge in [0.15, 0.2) is 5.16 Å². The maximum atomic E-state index is 13.1. The van der Waals surface area contributed by atoms with Gasteiger partial charge in [0, 0.05) is 6.04 Å². The summed E-state index contributed by atoms with van der Waals surface area (Å²) < 4.78 is 1.66. The number of carbonyl (C=O) groups is 2. The number of aromatic nitrogens is 2. The minimum Gasteiger partial charge on any atom is -0.323 e. The maximum Gasteiger partial charge on any atom is 0.262 e. The van der Waals surface area contributed by atoms with Gasteiger partial charge in [-0.25, -0.2) is 4.98 Å². The van der Waals surface area contributed by atoms with Gasteiger partial charge >= 0.3 is 0 Å². The van der Waals surface area contributed by atoms with Crippen molar-refractivity contribution in [3.8, 4) is 0 Å². The van der Waals surface area contributed by atoms with Gasteiger partial charge in [-0.05, 0) is 37.6 Å². The molecule has 0 fully saturated rings. The first-order chi connectivity index (χ1) is 14.5. The van der Waals surface area contributed by atoms with Gasteiger partial charge < -0.3 is 10.2 Å². The Labute approximate surface area is 178 Å². The molecule has 1 N–H and O–H groups in total. The van der Waals surface area contributed by atoms with Gasteiger partial charge in [0.05, 0.1) is 28.0 Å². The molecule has 1 aromatic heterocycles. The third-order valence-corrected chi connectivity index (χ3v) is 6.14. The molecule has 0 saturated heterocycles. The number of anilines is 2. The third kappa shape index (κ3) is 3.70. The quantitative estimate of drug-likeness (QED) is 0.503. The Morgan fingerprint density at radius 2 is 1.90 bits per heavy atom. The third-order valence-electron chi connectivity index (χ3n) is 5.20. The van der Waals surface area contributed by atoms with E-state index in [0.29, 0.717) is 27.4 Å². The monoisotopic (exact) mass is 422 g/mol. The Hall–Kier alpha value is -3.13. The summed E-state index contributed by atoms with van der Waals surface area (Å²) in [6.45, 7) is 3.95. The van der Waals surface area contributed by atoms with E-state index in [1.165, 1.54) is 16.7 Å². The molecule has 1 unspecified atom stereocenters. The summed E-state index contributed by atoms with van der Waals surface area (Å²) in [5.74, 6) is -0.365. The predicted molar refractivity (Wildman–Crippen MR) is 119 cm³/mol. The molecule has 30 heavy (non-hydrogen) atoms. The van der Waals surface area contributed by atoms with Gasteiger partial charge in [-0.3, -0.25) is 19.0 Å². The van der Waals surface area contributed by atoms with Crippen LogP contribution in [0.25, 0.3) is 10.9 Å². The second-order valence-corrected chi connectivity index (χ2v) is 8.12. The van der Waals surface area contributed by atoms with Crippen molar-refractivity contribution in [2.24, 2.45) is 0 Å². The van der Waals surface area contributed by atoms with E-state index in [1.54, 1.807) is 28.8 Å². The normalized spacial score (nSPS) is 14.3. The van der Waals surface area contributed by atoms with Crippen molar-refractivity contribution in [2.45, 2.75) is 31.5 Å². The van der Waals surface area contributed by atoms with Gasteiger partial charge in [-0.2, -0.15) is 0 Å². The van der Waals surface area contributed by atoms with E-state index in [1.807, 2.05) is 38.1 Å². The highest BCUT2D eigenvalue weighted by atomic mass is 32.2. The number of benzene rings is 2. The van der Waals surface area contributed by atoms with E-state index in [9.17, 15) is 14.4 Å². The number of carbonyl (C=O) groups excluding carboxylic acids is 2. The standard InChI is InChI=1S/C22H22N4O3S/c1-3-14(2)26-21(29)15-8-4-5-9-16(15)24-22(26)30-13-20(28)25-12-19(27)23-17-10-6-7-11-18(17)25/h4-11,14H,3,12-13H2,1-2H3,(H,23,27). The average Bonchev–Trinajstić information content (AvgIpc) is 2.76. The van der Waals surface area contributed by atoms with Crippen LogP contribution in [0.1, 0.15) is 26.3 Å². The summed E-state index contributed by atoms with van der Waals surface area (Å²) in [5, 5.41) is 3.86. The molecule has 0 aliphatic carbocycles. The molecule has 8 heteroatoms. The molecule has 2 amide bonds. The van der Waals surface area contributed by atoms with Crippen LogP contribution in [0, 0.1) is 0 Å². The topological polar surface area (TPSA) is 84.3 Å². The van der Waals surface area contributed by atoms with Gasteiger partial charge in [-0.1, -0.05) is 43.0 Å². The molecule has 0 bridgehead atoms. The van der Waals surface area contributed by atoms with Crippen LogP contribution in [-0.2, 0) is 9.59 Å². The lowest BCUT2D eigenvalue weighted by Gasteiger charge is -2.29. The highest BCUT2D eigenvalue weighted by Gasteiger charge is 2.27. The van der Waals surface area contributed by atoms with E-state index >= 15 is 0 Å². The minimum atomic E-state index is -0.229.